The summed E-state index contributed by atoms with van der Waals surface area (Å²) in [6, 6.07) is 10.7. The van der Waals surface area contributed by atoms with Crippen molar-refractivity contribution >= 4 is 29.8 Å². The van der Waals surface area contributed by atoms with Gasteiger partial charge in [-0.15, -0.1) is 5.90 Å². The van der Waals surface area contributed by atoms with E-state index in [1.165, 1.54) is 50.6 Å². The molecule has 2 aromatic rings. The van der Waals surface area contributed by atoms with E-state index < -0.39 is 30.9 Å². The van der Waals surface area contributed by atoms with Gasteiger partial charge in [0.05, 0.1) is 27.0 Å². The van der Waals surface area contributed by atoms with E-state index in [1.807, 2.05) is 0 Å². The number of oxime groups is 1. The van der Waals surface area contributed by atoms with Crippen molar-refractivity contribution in [2.75, 3.05) is 41.0 Å². The third kappa shape index (κ3) is 8.12. The number of benzene rings is 2. The van der Waals surface area contributed by atoms with Crippen LogP contribution in [-0.2, 0) is 24.0 Å². The van der Waals surface area contributed by atoms with Crippen molar-refractivity contribution < 1.29 is 43.1 Å². The minimum absolute atomic E-state index is 0.0397. The first-order valence-corrected chi connectivity index (χ1v) is 10.1. The second-order valence-corrected chi connectivity index (χ2v) is 6.94. The Labute approximate surface area is 201 Å². The van der Waals surface area contributed by atoms with Gasteiger partial charge < -0.3 is 28.8 Å². The first-order chi connectivity index (χ1) is 16.8. The van der Waals surface area contributed by atoms with E-state index in [2.05, 4.69) is 19.6 Å². The number of hydrogen-bond acceptors (Lipinski definition) is 11. The number of nitrogens with two attached hydrogens (primary N) is 1. The molecule has 186 valence electrons. The zero-order valence-corrected chi connectivity index (χ0v) is 19.4. The van der Waals surface area contributed by atoms with Gasteiger partial charge in [-0.3, -0.25) is 9.59 Å². The molecule has 0 saturated carbocycles. The average molecular weight is 487 g/mol. The van der Waals surface area contributed by atoms with E-state index in [0.717, 1.165) is 0 Å². The van der Waals surface area contributed by atoms with Crippen LogP contribution in [0.25, 0.3) is 0 Å². The topological polar surface area (TPSA) is 156 Å². The van der Waals surface area contributed by atoms with Gasteiger partial charge in [-0.25, -0.2) is 9.59 Å². The molecule has 0 heterocycles. The molecule has 0 aliphatic heterocycles. The molecule has 0 spiro atoms. The second-order valence-electron chi connectivity index (χ2n) is 6.94. The molecule has 12 nitrogen and oxygen atoms in total. The highest BCUT2D eigenvalue weighted by Gasteiger charge is 2.19. The molecular weight excluding hydrogens is 462 g/mol. The van der Waals surface area contributed by atoms with Crippen LogP contribution in [0.3, 0.4) is 0 Å². The number of carbonyl (C=O) groups is 4. The molecule has 0 atom stereocenters. The Morgan fingerprint density at radius 2 is 1.46 bits per heavy atom. The van der Waals surface area contributed by atoms with Crippen molar-refractivity contribution in [2.45, 2.75) is 0 Å². The quantitative estimate of drug-likeness (QED) is 0.198. The van der Waals surface area contributed by atoms with Crippen molar-refractivity contribution in [3.05, 3.63) is 59.2 Å². The van der Waals surface area contributed by atoms with Crippen LogP contribution in [0.2, 0.25) is 0 Å². The van der Waals surface area contributed by atoms with Crippen LogP contribution in [0.4, 0.5) is 0 Å². The van der Waals surface area contributed by atoms with Crippen molar-refractivity contribution in [3.8, 4) is 11.5 Å². The smallest absolute Gasteiger partial charge is 0.343 e. The molecule has 35 heavy (non-hydrogen) atoms. The molecular formula is C23H25N3O9. The van der Waals surface area contributed by atoms with Crippen molar-refractivity contribution in [1.82, 2.24) is 4.90 Å². The maximum absolute atomic E-state index is 12.8. The molecule has 0 bridgehead atoms. The van der Waals surface area contributed by atoms with Gasteiger partial charge in [0.25, 0.3) is 5.91 Å². The Morgan fingerprint density at radius 3 is 2.03 bits per heavy atom. The van der Waals surface area contributed by atoms with Crippen molar-refractivity contribution in [3.63, 3.8) is 0 Å². The van der Waals surface area contributed by atoms with Crippen LogP contribution in [0.15, 0.2) is 47.6 Å². The van der Waals surface area contributed by atoms with Gasteiger partial charge in [0.2, 0.25) is 0 Å². The Balaban J connectivity index is 2.13. The Hall–Kier alpha value is -4.45. The van der Waals surface area contributed by atoms with Gasteiger partial charge in [-0.2, -0.15) is 0 Å². The summed E-state index contributed by atoms with van der Waals surface area (Å²) in [4.78, 5) is 53.8. The molecule has 2 aromatic carbocycles. The summed E-state index contributed by atoms with van der Waals surface area (Å²) in [5.74, 6) is 2.93. The van der Waals surface area contributed by atoms with Gasteiger partial charge in [-0.05, 0) is 35.9 Å². The largest absolute Gasteiger partial charge is 0.478 e. The van der Waals surface area contributed by atoms with E-state index in [-0.39, 0.29) is 29.5 Å². The monoisotopic (exact) mass is 487 g/mol. The Kier molecular flexibility index (Phi) is 10.2. The fourth-order valence-electron chi connectivity index (χ4n) is 2.71. The molecule has 0 aliphatic rings. The number of Topliss-reactive ketones (excluding diaryl/α,β-unsaturated/α-hetero) is 1. The highest BCUT2D eigenvalue weighted by molar-refractivity contribution is 6.02. The van der Waals surface area contributed by atoms with Crippen LogP contribution < -0.4 is 15.4 Å². The minimum Gasteiger partial charge on any atom is -0.478 e. The first-order valence-electron chi connectivity index (χ1n) is 10.1. The fourth-order valence-corrected chi connectivity index (χ4v) is 2.71. The Morgan fingerprint density at radius 1 is 0.886 bits per heavy atom. The van der Waals surface area contributed by atoms with Crippen LogP contribution in [-0.4, -0.2) is 75.8 Å². The summed E-state index contributed by atoms with van der Waals surface area (Å²) in [7, 11) is 3.89. The first kappa shape index (κ1) is 26.8. The standard InChI is InChI=1S/C23H25N3O9/c1-26(23(30)16-6-4-15(5-7-16)11-25-35-24)12-18(27)17-8-9-19(33-13-21(28)31-2)20(10-17)34-14-22(29)32-3/h4-11H,12-14,24H2,1-3H3. The molecule has 0 aromatic heterocycles. The van der Waals surface area contributed by atoms with E-state index in [1.54, 1.807) is 24.3 Å². The van der Waals surface area contributed by atoms with Crippen molar-refractivity contribution in [1.29, 1.82) is 0 Å². The molecule has 1 amide bonds. The number of likely N-dealkylation sites (N-methyl/N-ethyl adjacent to an activating group) is 1. The molecule has 0 saturated heterocycles. The van der Waals surface area contributed by atoms with Crippen molar-refractivity contribution in [2.24, 2.45) is 11.1 Å². The van der Waals surface area contributed by atoms with E-state index >= 15 is 0 Å². The summed E-state index contributed by atoms with van der Waals surface area (Å²) in [6.45, 7) is -1.08. The molecule has 0 aliphatic carbocycles. The molecule has 2 N–H and O–H groups in total. The van der Waals surface area contributed by atoms with Gasteiger partial charge in [0.1, 0.15) is 0 Å². The summed E-state index contributed by atoms with van der Waals surface area (Å²) in [6.07, 6.45) is 1.37. The second kappa shape index (κ2) is 13.3. The number of carbonyl (C=O) groups excluding carboxylic acids is 4. The number of ether oxygens (including phenoxy) is 4. The minimum atomic E-state index is -0.654. The van der Waals surface area contributed by atoms with E-state index in [9.17, 15) is 19.2 Å². The molecule has 0 fully saturated rings. The zero-order valence-electron chi connectivity index (χ0n) is 19.4. The molecule has 0 radical (unpaired) electrons. The van der Waals surface area contributed by atoms with E-state index in [4.69, 9.17) is 15.4 Å². The number of nitrogens with zero attached hydrogens (tertiary/aromatic N) is 2. The lowest BCUT2D eigenvalue weighted by Crippen LogP contribution is -2.32. The normalized spacial score (nSPS) is 10.4. The summed E-state index contributed by atoms with van der Waals surface area (Å²) >= 11 is 0. The highest BCUT2D eigenvalue weighted by Crippen LogP contribution is 2.29. The van der Waals surface area contributed by atoms with Crippen LogP contribution in [0.1, 0.15) is 26.3 Å². The predicted octanol–water partition coefficient (Wildman–Crippen LogP) is 0.969. The lowest BCUT2D eigenvalue weighted by molar-refractivity contribution is -0.144. The van der Waals surface area contributed by atoms with Crippen LogP contribution in [0.5, 0.6) is 11.5 Å². The molecule has 12 heteroatoms. The molecule has 0 unspecified atom stereocenters. The zero-order chi connectivity index (χ0) is 25.8. The Bertz CT molecular complexity index is 1080. The number of esters is 2. The third-order valence-corrected chi connectivity index (χ3v) is 4.56. The lowest BCUT2D eigenvalue weighted by atomic mass is 10.1. The summed E-state index contributed by atoms with van der Waals surface area (Å²) < 4.78 is 19.8. The number of rotatable bonds is 12. The lowest BCUT2D eigenvalue weighted by Gasteiger charge is -2.17. The number of ketones is 1. The predicted molar refractivity (Wildman–Crippen MR) is 122 cm³/mol. The summed E-state index contributed by atoms with van der Waals surface area (Å²) in [5.41, 5.74) is 1.22. The van der Waals surface area contributed by atoms with Crippen LogP contribution in [0, 0.1) is 0 Å². The van der Waals surface area contributed by atoms with Crippen LogP contribution >= 0.6 is 0 Å². The van der Waals surface area contributed by atoms with Gasteiger partial charge in [0, 0.05) is 18.2 Å². The van der Waals surface area contributed by atoms with E-state index in [0.29, 0.717) is 11.1 Å². The maximum Gasteiger partial charge on any atom is 0.343 e. The average Bonchev–Trinajstić information content (AvgIpc) is 2.88. The number of amides is 1. The molecule has 2 rings (SSSR count). The van der Waals surface area contributed by atoms with Gasteiger partial charge in [-0.1, -0.05) is 17.3 Å². The SMILES string of the molecule is COC(=O)COc1ccc(C(=O)CN(C)C(=O)c2ccc(C=NON)cc2)cc1OCC(=O)OC. The number of methoxy groups -OCH3 is 2. The third-order valence-electron chi connectivity index (χ3n) is 4.56. The fraction of sp³-hybridized carbons (Fsp3) is 0.261. The highest BCUT2D eigenvalue weighted by atomic mass is 16.7. The van der Waals surface area contributed by atoms with Gasteiger partial charge in [0.15, 0.2) is 30.5 Å². The number of hydrogen-bond donors (Lipinski definition) is 1. The summed E-state index contributed by atoms with van der Waals surface area (Å²) in [5, 5.41) is 3.44. The van der Waals surface area contributed by atoms with Gasteiger partial charge >= 0.3 is 11.9 Å². The maximum atomic E-state index is 12.8.